The number of methoxy groups -OCH3 is 1. The van der Waals surface area contributed by atoms with Crippen LogP contribution in [-0.4, -0.2) is 18.8 Å². The standard InChI is InChI=1S/C10H24N2O/c1-5-6-7-9(12-11)8-10(2,3)13-4/h9,12H,5-8,11H2,1-4H3. The fourth-order valence-electron chi connectivity index (χ4n) is 1.37. The number of hydrogen-bond acceptors (Lipinski definition) is 3. The van der Waals surface area contributed by atoms with E-state index in [1.54, 1.807) is 7.11 Å². The fraction of sp³-hybridized carbons (Fsp3) is 1.00. The van der Waals surface area contributed by atoms with E-state index in [2.05, 4.69) is 26.2 Å². The van der Waals surface area contributed by atoms with Gasteiger partial charge in [0.25, 0.3) is 0 Å². The Hall–Kier alpha value is -0.120. The van der Waals surface area contributed by atoms with E-state index in [0.29, 0.717) is 6.04 Å². The van der Waals surface area contributed by atoms with Crippen molar-refractivity contribution < 1.29 is 4.74 Å². The van der Waals surface area contributed by atoms with Crippen LogP contribution in [0.1, 0.15) is 46.5 Å². The molecule has 0 rings (SSSR count). The first kappa shape index (κ1) is 12.9. The summed E-state index contributed by atoms with van der Waals surface area (Å²) in [6.07, 6.45) is 4.51. The summed E-state index contributed by atoms with van der Waals surface area (Å²) in [5, 5.41) is 0. The molecule has 0 saturated carbocycles. The van der Waals surface area contributed by atoms with Crippen molar-refractivity contribution >= 4 is 0 Å². The molecule has 0 heterocycles. The van der Waals surface area contributed by atoms with E-state index in [0.717, 1.165) is 12.8 Å². The van der Waals surface area contributed by atoms with Crippen molar-refractivity contribution in [1.82, 2.24) is 5.43 Å². The Morgan fingerprint density at radius 1 is 1.46 bits per heavy atom. The minimum Gasteiger partial charge on any atom is -0.379 e. The summed E-state index contributed by atoms with van der Waals surface area (Å²) in [6, 6.07) is 0.370. The number of hydrazine groups is 1. The third-order valence-corrected chi connectivity index (χ3v) is 2.43. The Morgan fingerprint density at radius 3 is 2.46 bits per heavy atom. The maximum Gasteiger partial charge on any atom is 0.0638 e. The smallest absolute Gasteiger partial charge is 0.0638 e. The Morgan fingerprint density at radius 2 is 2.08 bits per heavy atom. The zero-order chi connectivity index (χ0) is 10.3. The van der Waals surface area contributed by atoms with Gasteiger partial charge in [-0.3, -0.25) is 11.3 Å². The molecular weight excluding hydrogens is 164 g/mol. The molecule has 0 aliphatic heterocycles. The largest absolute Gasteiger partial charge is 0.379 e. The van der Waals surface area contributed by atoms with Gasteiger partial charge in [-0.1, -0.05) is 19.8 Å². The van der Waals surface area contributed by atoms with E-state index in [1.165, 1.54) is 12.8 Å². The number of ether oxygens (including phenoxy) is 1. The van der Waals surface area contributed by atoms with Gasteiger partial charge < -0.3 is 4.74 Å². The highest BCUT2D eigenvalue weighted by Gasteiger charge is 2.21. The van der Waals surface area contributed by atoms with Gasteiger partial charge in [-0.15, -0.1) is 0 Å². The highest BCUT2D eigenvalue weighted by Crippen LogP contribution is 2.17. The average Bonchev–Trinajstić information content (AvgIpc) is 2.12. The Balaban J connectivity index is 3.82. The lowest BCUT2D eigenvalue weighted by molar-refractivity contribution is 0.00620. The van der Waals surface area contributed by atoms with Crippen molar-refractivity contribution in [1.29, 1.82) is 0 Å². The zero-order valence-corrected chi connectivity index (χ0v) is 9.39. The number of unbranched alkanes of at least 4 members (excludes halogenated alkanes) is 1. The van der Waals surface area contributed by atoms with Crippen LogP contribution in [0.2, 0.25) is 0 Å². The minimum absolute atomic E-state index is 0.0786. The quantitative estimate of drug-likeness (QED) is 0.473. The molecule has 0 aliphatic carbocycles. The molecule has 0 aromatic heterocycles. The van der Waals surface area contributed by atoms with Crippen LogP contribution in [0.15, 0.2) is 0 Å². The molecule has 0 spiro atoms. The number of rotatable bonds is 7. The van der Waals surface area contributed by atoms with Gasteiger partial charge in [0.15, 0.2) is 0 Å². The van der Waals surface area contributed by atoms with Crippen molar-refractivity contribution in [2.75, 3.05) is 7.11 Å². The van der Waals surface area contributed by atoms with Crippen molar-refractivity contribution in [3.63, 3.8) is 0 Å². The van der Waals surface area contributed by atoms with Crippen LogP contribution in [-0.2, 0) is 4.74 Å². The Kier molecular flexibility index (Phi) is 6.29. The van der Waals surface area contributed by atoms with Crippen LogP contribution in [0.3, 0.4) is 0 Å². The van der Waals surface area contributed by atoms with Gasteiger partial charge in [-0.25, -0.2) is 0 Å². The van der Waals surface area contributed by atoms with Gasteiger partial charge >= 0.3 is 0 Å². The predicted octanol–water partition coefficient (Wildman–Crippen LogP) is 1.82. The molecule has 0 fully saturated rings. The van der Waals surface area contributed by atoms with Crippen molar-refractivity contribution in [2.45, 2.75) is 58.1 Å². The van der Waals surface area contributed by atoms with Crippen LogP contribution in [0.5, 0.6) is 0 Å². The number of hydrogen-bond donors (Lipinski definition) is 2. The molecule has 3 N–H and O–H groups in total. The summed E-state index contributed by atoms with van der Waals surface area (Å²) < 4.78 is 5.35. The van der Waals surface area contributed by atoms with E-state index in [-0.39, 0.29) is 5.60 Å². The van der Waals surface area contributed by atoms with E-state index in [4.69, 9.17) is 10.6 Å². The second-order valence-corrected chi connectivity index (χ2v) is 4.17. The van der Waals surface area contributed by atoms with Gasteiger partial charge in [-0.05, 0) is 26.7 Å². The molecule has 0 bridgehead atoms. The molecule has 1 atom stereocenters. The summed E-state index contributed by atoms with van der Waals surface area (Å²) in [5.74, 6) is 5.47. The Bertz CT molecular complexity index is 126. The lowest BCUT2D eigenvalue weighted by Crippen LogP contribution is -2.41. The van der Waals surface area contributed by atoms with Crippen LogP contribution < -0.4 is 11.3 Å². The first-order chi connectivity index (χ1) is 6.05. The predicted molar refractivity (Wildman–Crippen MR) is 56.3 cm³/mol. The second-order valence-electron chi connectivity index (χ2n) is 4.17. The molecule has 80 valence electrons. The van der Waals surface area contributed by atoms with Crippen LogP contribution in [0.4, 0.5) is 0 Å². The lowest BCUT2D eigenvalue weighted by atomic mass is 9.96. The second kappa shape index (κ2) is 6.35. The van der Waals surface area contributed by atoms with E-state index >= 15 is 0 Å². The molecule has 0 amide bonds. The van der Waals surface area contributed by atoms with Gasteiger partial charge in [0.05, 0.1) is 5.60 Å². The summed E-state index contributed by atoms with van der Waals surface area (Å²) >= 11 is 0. The summed E-state index contributed by atoms with van der Waals surface area (Å²) in [5.41, 5.74) is 2.77. The molecule has 0 saturated heterocycles. The van der Waals surface area contributed by atoms with Gasteiger partial charge in [0.2, 0.25) is 0 Å². The van der Waals surface area contributed by atoms with Gasteiger partial charge in [0.1, 0.15) is 0 Å². The maximum absolute atomic E-state index is 5.47. The van der Waals surface area contributed by atoms with Crippen molar-refractivity contribution in [3.05, 3.63) is 0 Å². The van der Waals surface area contributed by atoms with Crippen molar-refractivity contribution in [2.24, 2.45) is 5.84 Å². The first-order valence-electron chi connectivity index (χ1n) is 5.07. The number of nitrogens with two attached hydrogens (primary N) is 1. The Labute approximate surface area is 82.0 Å². The highest BCUT2D eigenvalue weighted by atomic mass is 16.5. The molecule has 0 aromatic carbocycles. The maximum atomic E-state index is 5.47. The third kappa shape index (κ3) is 6.02. The van der Waals surface area contributed by atoms with Gasteiger partial charge in [0, 0.05) is 13.2 Å². The summed E-state index contributed by atoms with van der Waals surface area (Å²) in [4.78, 5) is 0. The number of nitrogens with one attached hydrogen (secondary N) is 1. The zero-order valence-electron chi connectivity index (χ0n) is 9.39. The van der Waals surface area contributed by atoms with Crippen molar-refractivity contribution in [3.8, 4) is 0 Å². The average molecular weight is 188 g/mol. The lowest BCUT2D eigenvalue weighted by Gasteiger charge is -2.28. The monoisotopic (exact) mass is 188 g/mol. The van der Waals surface area contributed by atoms with Crippen LogP contribution >= 0.6 is 0 Å². The summed E-state index contributed by atoms with van der Waals surface area (Å²) in [6.45, 7) is 6.36. The molecule has 0 aliphatic rings. The fourth-order valence-corrected chi connectivity index (χ4v) is 1.37. The van der Waals surface area contributed by atoms with E-state index < -0.39 is 0 Å². The SMILES string of the molecule is CCCCC(CC(C)(C)OC)NN. The molecule has 3 nitrogen and oxygen atoms in total. The van der Waals surface area contributed by atoms with E-state index in [1.807, 2.05) is 0 Å². The molecule has 1 unspecified atom stereocenters. The molecule has 3 heteroatoms. The van der Waals surface area contributed by atoms with Gasteiger partial charge in [-0.2, -0.15) is 0 Å². The normalized spacial score (nSPS) is 14.5. The molecule has 13 heavy (non-hydrogen) atoms. The minimum atomic E-state index is -0.0786. The topological polar surface area (TPSA) is 47.3 Å². The van der Waals surface area contributed by atoms with Crippen LogP contribution in [0.25, 0.3) is 0 Å². The highest BCUT2D eigenvalue weighted by molar-refractivity contribution is 4.76. The molecule has 0 radical (unpaired) electrons. The first-order valence-corrected chi connectivity index (χ1v) is 5.07. The van der Waals surface area contributed by atoms with Crippen LogP contribution in [0, 0.1) is 0 Å². The molecular formula is C10H24N2O. The summed E-state index contributed by atoms with van der Waals surface area (Å²) in [7, 11) is 1.74. The molecule has 0 aromatic rings. The third-order valence-electron chi connectivity index (χ3n) is 2.43. The van der Waals surface area contributed by atoms with E-state index in [9.17, 15) is 0 Å².